The van der Waals surface area contributed by atoms with Crippen LogP contribution in [-0.2, 0) is 14.4 Å². The minimum absolute atomic E-state index is 0.0506. The van der Waals surface area contributed by atoms with Crippen LogP contribution in [0.1, 0.15) is 38.5 Å². The van der Waals surface area contributed by atoms with Gasteiger partial charge in [-0.05, 0) is 38.5 Å². The van der Waals surface area contributed by atoms with Gasteiger partial charge >= 0.3 is 0 Å². The monoisotopic (exact) mass is 228 g/mol. The fraction of sp³-hybridized carbons (Fsp3) is 0.909. The first-order valence-corrected chi connectivity index (χ1v) is 6.07. The van der Waals surface area contributed by atoms with Crippen LogP contribution in [-0.4, -0.2) is 30.8 Å². The Hall–Kier alpha value is -0.650. The summed E-state index contributed by atoms with van der Waals surface area (Å²) < 4.78 is 5.34. The zero-order valence-electron chi connectivity index (χ0n) is 9.48. The molecule has 0 spiro atoms. The van der Waals surface area contributed by atoms with Gasteiger partial charge in [0.15, 0.2) is 0 Å². The number of ether oxygens (including phenoxy) is 1. The number of hydrogen-bond acceptors (Lipinski definition) is 4. The van der Waals surface area contributed by atoms with Crippen molar-refractivity contribution in [3.05, 3.63) is 0 Å². The highest BCUT2D eigenvalue weighted by Crippen LogP contribution is 2.21. The molecule has 0 aromatic carbocycles. The van der Waals surface area contributed by atoms with Crippen LogP contribution < -0.4 is 11.2 Å². The first-order valence-electron chi connectivity index (χ1n) is 6.07. The lowest BCUT2D eigenvalue weighted by Crippen LogP contribution is -2.43. The Bertz CT molecular complexity index is 233. The molecule has 1 unspecified atom stereocenters. The fourth-order valence-electron chi connectivity index (χ4n) is 2.42. The summed E-state index contributed by atoms with van der Waals surface area (Å²) in [5, 5.41) is 3.05. The maximum absolute atomic E-state index is 11.8. The van der Waals surface area contributed by atoms with E-state index < -0.39 is 0 Å². The van der Waals surface area contributed by atoms with E-state index in [1.165, 1.54) is 0 Å². The Morgan fingerprint density at radius 2 is 2.00 bits per heavy atom. The van der Waals surface area contributed by atoms with Crippen molar-refractivity contribution >= 4 is 5.91 Å². The molecule has 2 aliphatic rings. The van der Waals surface area contributed by atoms with Crippen LogP contribution in [0.5, 0.6) is 0 Å². The second-order valence-electron chi connectivity index (χ2n) is 4.62. The molecular weight excluding hydrogens is 208 g/mol. The molecular formula is C11H20N2O3. The Morgan fingerprint density at radius 1 is 1.25 bits per heavy atom. The van der Waals surface area contributed by atoms with Gasteiger partial charge in [0, 0.05) is 12.6 Å². The molecule has 1 aliphatic carbocycles. The molecule has 1 amide bonds. The van der Waals surface area contributed by atoms with Crippen LogP contribution >= 0.6 is 0 Å². The van der Waals surface area contributed by atoms with Crippen molar-refractivity contribution in [1.29, 1.82) is 0 Å². The van der Waals surface area contributed by atoms with Crippen LogP contribution in [0.3, 0.4) is 0 Å². The maximum atomic E-state index is 11.8. The van der Waals surface area contributed by atoms with Crippen LogP contribution in [0.4, 0.5) is 0 Å². The molecule has 92 valence electrons. The van der Waals surface area contributed by atoms with E-state index in [0.717, 1.165) is 38.5 Å². The number of nitrogens with one attached hydrogen (secondary N) is 1. The summed E-state index contributed by atoms with van der Waals surface area (Å²) in [7, 11) is 0. The highest BCUT2D eigenvalue weighted by molar-refractivity contribution is 5.81. The van der Waals surface area contributed by atoms with Crippen molar-refractivity contribution in [2.45, 2.75) is 56.8 Å². The second kappa shape index (κ2) is 5.61. The summed E-state index contributed by atoms with van der Waals surface area (Å²) in [6.45, 7) is 0.714. The van der Waals surface area contributed by atoms with Crippen molar-refractivity contribution < 1.29 is 14.4 Å². The lowest BCUT2D eigenvalue weighted by molar-refractivity contribution is -0.131. The zero-order chi connectivity index (χ0) is 11.4. The van der Waals surface area contributed by atoms with Crippen LogP contribution in [0.2, 0.25) is 0 Å². The fourth-order valence-corrected chi connectivity index (χ4v) is 2.42. The molecule has 1 aliphatic heterocycles. The minimum Gasteiger partial charge on any atom is -0.368 e. The van der Waals surface area contributed by atoms with Crippen molar-refractivity contribution in [3.63, 3.8) is 0 Å². The number of amides is 1. The van der Waals surface area contributed by atoms with Crippen LogP contribution in [0.15, 0.2) is 0 Å². The highest BCUT2D eigenvalue weighted by Gasteiger charge is 2.27. The number of hydrogen-bond donors (Lipinski definition) is 2. The van der Waals surface area contributed by atoms with E-state index in [0.29, 0.717) is 6.61 Å². The number of carbonyl (C=O) groups excluding carboxylic acids is 1. The molecule has 1 heterocycles. The maximum Gasteiger partial charge on any atom is 0.249 e. The quantitative estimate of drug-likeness (QED) is 0.689. The molecule has 16 heavy (non-hydrogen) atoms. The van der Waals surface area contributed by atoms with E-state index in [1.54, 1.807) is 0 Å². The smallest absolute Gasteiger partial charge is 0.249 e. The molecule has 1 saturated heterocycles. The topological polar surface area (TPSA) is 73.6 Å². The summed E-state index contributed by atoms with van der Waals surface area (Å²) >= 11 is 0. The predicted molar refractivity (Wildman–Crippen MR) is 58.4 cm³/mol. The van der Waals surface area contributed by atoms with Gasteiger partial charge < -0.3 is 14.9 Å². The SMILES string of the molecule is NOC1CCC(NC(=O)C2CCCO2)CC1. The van der Waals surface area contributed by atoms with Gasteiger partial charge in [0.1, 0.15) is 6.10 Å². The summed E-state index contributed by atoms with van der Waals surface area (Å²) in [6, 6.07) is 0.267. The minimum atomic E-state index is -0.219. The first-order chi connectivity index (χ1) is 7.79. The third-order valence-corrected chi connectivity index (χ3v) is 3.44. The standard InChI is InChI=1S/C11H20N2O3/c12-16-9-5-3-8(4-6-9)13-11(14)10-2-1-7-15-10/h8-10H,1-7,12H2,(H,13,14). The summed E-state index contributed by atoms with van der Waals surface area (Å²) in [5.74, 6) is 5.19. The van der Waals surface area contributed by atoms with E-state index in [2.05, 4.69) is 5.32 Å². The molecule has 0 aromatic rings. The average molecular weight is 228 g/mol. The van der Waals surface area contributed by atoms with Gasteiger partial charge in [-0.1, -0.05) is 0 Å². The largest absolute Gasteiger partial charge is 0.368 e. The second-order valence-corrected chi connectivity index (χ2v) is 4.62. The van der Waals surface area contributed by atoms with Gasteiger partial charge in [0.25, 0.3) is 0 Å². The third kappa shape index (κ3) is 2.93. The Labute approximate surface area is 95.6 Å². The third-order valence-electron chi connectivity index (χ3n) is 3.44. The molecule has 2 fully saturated rings. The lowest BCUT2D eigenvalue weighted by atomic mass is 9.93. The Morgan fingerprint density at radius 3 is 2.56 bits per heavy atom. The van der Waals surface area contributed by atoms with E-state index in [-0.39, 0.29) is 24.2 Å². The van der Waals surface area contributed by atoms with Crippen molar-refractivity contribution in [3.8, 4) is 0 Å². The van der Waals surface area contributed by atoms with Crippen molar-refractivity contribution in [2.75, 3.05) is 6.61 Å². The molecule has 2 rings (SSSR count). The molecule has 1 saturated carbocycles. The zero-order valence-corrected chi connectivity index (χ0v) is 9.48. The van der Waals surface area contributed by atoms with E-state index in [1.807, 2.05) is 0 Å². The summed E-state index contributed by atoms with van der Waals surface area (Å²) in [4.78, 5) is 16.6. The Kier molecular flexibility index (Phi) is 4.15. The molecule has 0 radical (unpaired) electrons. The number of nitrogens with two attached hydrogens (primary N) is 1. The molecule has 5 nitrogen and oxygen atoms in total. The van der Waals surface area contributed by atoms with E-state index in [9.17, 15) is 4.79 Å². The number of carbonyl (C=O) groups is 1. The average Bonchev–Trinajstić information content (AvgIpc) is 2.83. The van der Waals surface area contributed by atoms with Gasteiger partial charge in [0.2, 0.25) is 5.91 Å². The molecule has 0 aromatic heterocycles. The van der Waals surface area contributed by atoms with Crippen molar-refractivity contribution in [1.82, 2.24) is 5.32 Å². The van der Waals surface area contributed by atoms with Crippen molar-refractivity contribution in [2.24, 2.45) is 5.90 Å². The molecule has 0 bridgehead atoms. The van der Waals surface area contributed by atoms with Gasteiger partial charge in [0.05, 0.1) is 6.10 Å². The first kappa shape index (κ1) is 11.8. The molecule has 3 N–H and O–H groups in total. The molecule has 1 atom stereocenters. The summed E-state index contributed by atoms with van der Waals surface area (Å²) in [5.41, 5.74) is 0. The van der Waals surface area contributed by atoms with Crippen LogP contribution in [0.25, 0.3) is 0 Å². The van der Waals surface area contributed by atoms with Crippen LogP contribution in [0, 0.1) is 0 Å². The highest BCUT2D eigenvalue weighted by atomic mass is 16.6. The van der Waals surface area contributed by atoms with Gasteiger partial charge in [-0.3, -0.25) is 4.79 Å². The van der Waals surface area contributed by atoms with Gasteiger partial charge in [-0.2, -0.15) is 0 Å². The van der Waals surface area contributed by atoms with E-state index in [4.69, 9.17) is 15.5 Å². The molecule has 5 heteroatoms. The lowest BCUT2D eigenvalue weighted by Gasteiger charge is -2.28. The van der Waals surface area contributed by atoms with E-state index >= 15 is 0 Å². The normalized spacial score (nSPS) is 34.9. The number of rotatable bonds is 3. The van der Waals surface area contributed by atoms with Gasteiger partial charge in [-0.25, -0.2) is 5.90 Å². The van der Waals surface area contributed by atoms with Gasteiger partial charge in [-0.15, -0.1) is 0 Å². The Balaban J connectivity index is 1.71. The predicted octanol–water partition coefficient (Wildman–Crippen LogP) is 0.483. The summed E-state index contributed by atoms with van der Waals surface area (Å²) in [6.07, 6.45) is 5.53.